The molecule has 0 unspecified atom stereocenters. The number of benzene rings is 1. The van der Waals surface area contributed by atoms with E-state index in [4.69, 9.17) is 17.4 Å². The highest BCUT2D eigenvalue weighted by Crippen LogP contribution is 2.17. The summed E-state index contributed by atoms with van der Waals surface area (Å²) in [6.07, 6.45) is 2.31. The Balaban J connectivity index is 2.24. The van der Waals surface area contributed by atoms with Crippen LogP contribution >= 0.6 is 11.6 Å². The third-order valence-corrected chi connectivity index (χ3v) is 3.75. The molecule has 2 rings (SSSR count). The van der Waals surface area contributed by atoms with Gasteiger partial charge in [-0.1, -0.05) is 11.6 Å². The maximum Gasteiger partial charge on any atom is 0.264 e. The van der Waals surface area contributed by atoms with E-state index in [1.807, 2.05) is 0 Å². The number of anilines is 2. The molecule has 2 aromatic rings. The number of nitrogens with zero attached hydrogens (tertiary/aromatic N) is 2. The van der Waals surface area contributed by atoms with Crippen LogP contribution in [0.25, 0.3) is 0 Å². The lowest BCUT2D eigenvalue weighted by Crippen LogP contribution is -2.15. The molecule has 19 heavy (non-hydrogen) atoms. The van der Waals surface area contributed by atoms with Crippen molar-refractivity contribution >= 4 is 33.3 Å². The van der Waals surface area contributed by atoms with Gasteiger partial charge in [-0.15, -0.1) is 0 Å². The molecule has 0 spiro atoms. The second-order valence-electron chi connectivity index (χ2n) is 3.50. The first kappa shape index (κ1) is 13.5. The van der Waals surface area contributed by atoms with Crippen LogP contribution in [0.2, 0.25) is 5.02 Å². The van der Waals surface area contributed by atoms with Crippen molar-refractivity contribution in [3.8, 4) is 0 Å². The van der Waals surface area contributed by atoms with E-state index in [1.165, 1.54) is 0 Å². The van der Waals surface area contributed by atoms with Gasteiger partial charge in [0.25, 0.3) is 10.0 Å². The molecule has 7 nitrogen and oxygen atoms in total. The van der Waals surface area contributed by atoms with Gasteiger partial charge in [-0.3, -0.25) is 10.1 Å². The van der Waals surface area contributed by atoms with E-state index in [0.717, 1.165) is 12.4 Å². The van der Waals surface area contributed by atoms with Crippen molar-refractivity contribution < 1.29 is 8.42 Å². The van der Waals surface area contributed by atoms with Gasteiger partial charge in [0.1, 0.15) is 4.90 Å². The molecule has 0 saturated carbocycles. The van der Waals surface area contributed by atoms with Gasteiger partial charge in [0.05, 0.1) is 12.4 Å². The summed E-state index contributed by atoms with van der Waals surface area (Å²) in [7, 11) is -3.74. The Labute approximate surface area is 114 Å². The van der Waals surface area contributed by atoms with E-state index < -0.39 is 10.0 Å². The van der Waals surface area contributed by atoms with Crippen molar-refractivity contribution in [1.29, 1.82) is 0 Å². The number of aromatic nitrogens is 2. The zero-order chi connectivity index (χ0) is 13.9. The molecular weight excluding hydrogens is 290 g/mol. The molecule has 0 aliphatic carbocycles. The summed E-state index contributed by atoms with van der Waals surface area (Å²) < 4.78 is 26.4. The highest BCUT2D eigenvalue weighted by molar-refractivity contribution is 7.92. The molecule has 0 fully saturated rings. The lowest BCUT2D eigenvalue weighted by Gasteiger charge is -2.07. The average molecular weight is 300 g/mol. The van der Waals surface area contributed by atoms with Gasteiger partial charge in [0.15, 0.2) is 0 Å². The van der Waals surface area contributed by atoms with Crippen LogP contribution in [0, 0.1) is 0 Å². The summed E-state index contributed by atoms with van der Waals surface area (Å²) in [6, 6.07) is 6.27. The minimum Gasteiger partial charge on any atom is -0.292 e. The van der Waals surface area contributed by atoms with Gasteiger partial charge in [0.2, 0.25) is 5.95 Å². The van der Waals surface area contributed by atoms with Gasteiger partial charge in [-0.05, 0) is 24.3 Å². The summed E-state index contributed by atoms with van der Waals surface area (Å²) in [5, 5.41) is 0.518. The summed E-state index contributed by atoms with van der Waals surface area (Å²) >= 11 is 5.72. The second-order valence-corrected chi connectivity index (χ2v) is 5.62. The Morgan fingerprint density at radius 3 is 2.21 bits per heavy atom. The third-order valence-electron chi connectivity index (χ3n) is 2.16. The number of hydrazine groups is 1. The number of rotatable bonds is 4. The van der Waals surface area contributed by atoms with E-state index in [2.05, 4.69) is 20.1 Å². The highest BCUT2D eigenvalue weighted by atomic mass is 35.5. The van der Waals surface area contributed by atoms with Crippen LogP contribution in [0.3, 0.4) is 0 Å². The zero-order valence-electron chi connectivity index (χ0n) is 9.54. The first-order chi connectivity index (χ1) is 9.01. The fraction of sp³-hybridized carbons (Fsp3) is 0. The maximum absolute atomic E-state index is 12.0. The topological polar surface area (TPSA) is 110 Å². The average Bonchev–Trinajstić information content (AvgIpc) is 2.41. The predicted octanol–water partition coefficient (Wildman–Crippen LogP) is 1.22. The van der Waals surface area contributed by atoms with Crippen molar-refractivity contribution in [2.75, 3.05) is 10.1 Å². The Morgan fingerprint density at radius 1 is 1.11 bits per heavy atom. The minimum absolute atomic E-state index is 0.0681. The number of halogens is 1. The van der Waals surface area contributed by atoms with E-state index in [-0.39, 0.29) is 10.8 Å². The van der Waals surface area contributed by atoms with Gasteiger partial charge < -0.3 is 0 Å². The van der Waals surface area contributed by atoms with Crippen molar-refractivity contribution in [3.05, 3.63) is 41.7 Å². The molecule has 0 radical (unpaired) electrons. The number of nitrogen functional groups attached to an aromatic ring is 1. The van der Waals surface area contributed by atoms with Gasteiger partial charge in [-0.25, -0.2) is 24.2 Å². The van der Waals surface area contributed by atoms with Crippen molar-refractivity contribution in [3.63, 3.8) is 0 Å². The van der Waals surface area contributed by atoms with Gasteiger partial charge in [0, 0.05) is 10.7 Å². The Bertz CT molecular complexity index is 657. The summed E-state index contributed by atoms with van der Waals surface area (Å²) in [6.45, 7) is 0. The van der Waals surface area contributed by atoms with Gasteiger partial charge >= 0.3 is 0 Å². The molecule has 4 N–H and O–H groups in total. The monoisotopic (exact) mass is 299 g/mol. The molecule has 0 amide bonds. The molecule has 0 saturated heterocycles. The van der Waals surface area contributed by atoms with Crippen LogP contribution < -0.4 is 16.0 Å². The van der Waals surface area contributed by atoms with Crippen LogP contribution in [-0.2, 0) is 10.0 Å². The van der Waals surface area contributed by atoms with Crippen molar-refractivity contribution in [2.45, 2.75) is 4.90 Å². The predicted molar refractivity (Wildman–Crippen MR) is 72.1 cm³/mol. The summed E-state index contributed by atoms with van der Waals surface area (Å²) in [4.78, 5) is 7.40. The number of sulfonamides is 1. The third kappa shape index (κ3) is 3.31. The number of hydrogen-bond acceptors (Lipinski definition) is 6. The molecular formula is C10H10ClN5O2S. The van der Waals surface area contributed by atoms with E-state index >= 15 is 0 Å². The van der Waals surface area contributed by atoms with Crippen LogP contribution in [0.15, 0.2) is 41.6 Å². The molecule has 0 bridgehead atoms. The smallest absolute Gasteiger partial charge is 0.264 e. The van der Waals surface area contributed by atoms with Gasteiger partial charge in [-0.2, -0.15) is 0 Å². The fourth-order valence-electron chi connectivity index (χ4n) is 1.26. The summed E-state index contributed by atoms with van der Waals surface area (Å²) in [5.41, 5.74) is 2.60. The highest BCUT2D eigenvalue weighted by Gasteiger charge is 2.15. The lowest BCUT2D eigenvalue weighted by atomic mass is 10.3. The normalized spacial score (nSPS) is 11.1. The lowest BCUT2D eigenvalue weighted by molar-refractivity contribution is 0.600. The molecule has 0 aliphatic rings. The van der Waals surface area contributed by atoms with Crippen molar-refractivity contribution in [2.24, 2.45) is 5.84 Å². The fourth-order valence-corrected chi connectivity index (χ4v) is 2.33. The molecule has 9 heteroatoms. The van der Waals surface area contributed by atoms with Crippen molar-refractivity contribution in [1.82, 2.24) is 9.97 Å². The van der Waals surface area contributed by atoms with Crippen LogP contribution in [0.4, 0.5) is 11.6 Å². The molecule has 100 valence electrons. The number of hydrogen-bond donors (Lipinski definition) is 3. The van der Waals surface area contributed by atoms with Crippen LogP contribution in [0.5, 0.6) is 0 Å². The SMILES string of the molecule is NNc1ncc(S(=O)(=O)Nc2ccc(Cl)cc2)cn1. The second kappa shape index (κ2) is 5.39. The van der Waals surface area contributed by atoms with Crippen LogP contribution in [0.1, 0.15) is 0 Å². The summed E-state index contributed by atoms with van der Waals surface area (Å²) in [5.74, 6) is 5.22. The first-order valence-corrected chi connectivity index (χ1v) is 6.94. The molecule has 0 atom stereocenters. The Hall–Kier alpha value is -1.90. The number of nitrogens with two attached hydrogens (primary N) is 1. The van der Waals surface area contributed by atoms with E-state index in [9.17, 15) is 8.42 Å². The van der Waals surface area contributed by atoms with E-state index in [0.29, 0.717) is 10.7 Å². The first-order valence-electron chi connectivity index (χ1n) is 5.08. The van der Waals surface area contributed by atoms with E-state index in [1.54, 1.807) is 24.3 Å². The molecule has 0 aliphatic heterocycles. The Kier molecular flexibility index (Phi) is 3.84. The maximum atomic E-state index is 12.0. The molecule has 1 aromatic heterocycles. The van der Waals surface area contributed by atoms with Crippen LogP contribution in [-0.4, -0.2) is 18.4 Å². The molecule has 1 aromatic carbocycles. The molecule has 1 heterocycles. The zero-order valence-corrected chi connectivity index (χ0v) is 11.1. The standard InChI is InChI=1S/C10H10ClN5O2S/c11-7-1-3-8(4-2-7)16-19(17,18)9-5-13-10(15-12)14-6-9/h1-6,16H,12H2,(H,13,14,15). The quantitative estimate of drug-likeness (QED) is 0.578. The number of nitrogens with one attached hydrogen (secondary N) is 2. The minimum atomic E-state index is -3.74. The Morgan fingerprint density at radius 2 is 1.68 bits per heavy atom. The largest absolute Gasteiger partial charge is 0.292 e.